The number of sulfone groups is 1. The molecular weight excluding hydrogens is 252 g/mol. The first-order chi connectivity index (χ1) is 8.06. The highest BCUT2D eigenvalue weighted by atomic mass is 32.2. The Hall–Kier alpha value is -0.480. The minimum atomic E-state index is -3.09. The highest BCUT2D eigenvalue weighted by Crippen LogP contribution is 2.14. The summed E-state index contributed by atoms with van der Waals surface area (Å²) in [5, 5.41) is 0. The van der Waals surface area contributed by atoms with Crippen molar-refractivity contribution < 1.29 is 8.42 Å². The van der Waals surface area contributed by atoms with Crippen LogP contribution in [0, 0.1) is 6.92 Å². The van der Waals surface area contributed by atoms with Gasteiger partial charge in [-0.3, -0.25) is 0 Å². The molecule has 0 aliphatic heterocycles. The Morgan fingerprint density at radius 3 is 2.35 bits per heavy atom. The van der Waals surface area contributed by atoms with E-state index in [0.29, 0.717) is 10.6 Å². The largest absolute Gasteiger partial charge is 0.224 e. The average Bonchev–Trinajstić information content (AvgIpc) is 2.29. The van der Waals surface area contributed by atoms with Gasteiger partial charge in [0.15, 0.2) is 9.84 Å². The maximum atomic E-state index is 12.0. The summed E-state index contributed by atoms with van der Waals surface area (Å²) in [5.41, 5.74) is 1.08. The van der Waals surface area contributed by atoms with Crippen LogP contribution in [0.1, 0.15) is 25.3 Å². The van der Waals surface area contributed by atoms with Gasteiger partial charge in [-0.15, -0.1) is 0 Å². The van der Waals surface area contributed by atoms with Crippen molar-refractivity contribution in [2.24, 2.45) is 0 Å². The van der Waals surface area contributed by atoms with Crippen LogP contribution in [-0.4, -0.2) is 25.7 Å². The van der Waals surface area contributed by atoms with Crippen LogP contribution in [0.25, 0.3) is 0 Å². The van der Waals surface area contributed by atoms with Gasteiger partial charge in [-0.1, -0.05) is 31.0 Å². The third kappa shape index (κ3) is 5.13. The molecule has 0 aliphatic carbocycles. The lowest BCUT2D eigenvalue weighted by atomic mass is 10.2. The number of aryl methyl sites for hydroxylation is 1. The summed E-state index contributed by atoms with van der Waals surface area (Å²) in [6, 6.07) is 7.08. The van der Waals surface area contributed by atoms with Crippen LogP contribution < -0.4 is 0 Å². The zero-order valence-electron chi connectivity index (χ0n) is 10.5. The molecule has 0 saturated carbocycles. The van der Waals surface area contributed by atoms with Gasteiger partial charge < -0.3 is 0 Å². The lowest BCUT2D eigenvalue weighted by Gasteiger charge is -2.04. The molecule has 1 rings (SSSR count). The van der Waals surface area contributed by atoms with Crippen LogP contribution in [0.15, 0.2) is 29.2 Å². The number of hydrogen-bond acceptors (Lipinski definition) is 3. The van der Waals surface area contributed by atoms with Gasteiger partial charge in [0, 0.05) is 5.75 Å². The smallest absolute Gasteiger partial charge is 0.179 e. The molecule has 4 heteroatoms. The predicted molar refractivity (Wildman–Crippen MR) is 75.5 cm³/mol. The molecule has 0 N–H and O–H groups in total. The fourth-order valence-corrected chi connectivity index (χ4v) is 4.21. The Morgan fingerprint density at radius 2 is 1.76 bits per heavy atom. The summed E-state index contributed by atoms with van der Waals surface area (Å²) in [5.74, 6) is 1.99. The van der Waals surface area contributed by atoms with Gasteiger partial charge in [-0.2, -0.15) is 11.8 Å². The van der Waals surface area contributed by atoms with Crippen molar-refractivity contribution in [3.8, 4) is 0 Å². The standard InChI is InChI=1S/C13H20O2S2/c1-3-4-9-16-10-11-17(14,15)13-7-5-12(2)6-8-13/h5-8H,3-4,9-11H2,1-2H3. The fraction of sp³-hybridized carbons (Fsp3) is 0.538. The highest BCUT2D eigenvalue weighted by Gasteiger charge is 2.13. The van der Waals surface area contributed by atoms with Crippen LogP contribution in [0.4, 0.5) is 0 Å². The van der Waals surface area contributed by atoms with Crippen LogP contribution in [-0.2, 0) is 9.84 Å². The molecule has 0 spiro atoms. The molecule has 0 bridgehead atoms. The molecule has 0 aromatic heterocycles. The van der Waals surface area contributed by atoms with Crippen molar-refractivity contribution in [3.63, 3.8) is 0 Å². The third-order valence-electron chi connectivity index (χ3n) is 2.52. The van der Waals surface area contributed by atoms with Gasteiger partial charge in [0.05, 0.1) is 10.6 Å². The third-order valence-corrected chi connectivity index (χ3v) is 5.58. The summed E-state index contributed by atoms with van der Waals surface area (Å²) in [6.07, 6.45) is 2.33. The quantitative estimate of drug-likeness (QED) is 0.714. The zero-order chi connectivity index (χ0) is 12.7. The van der Waals surface area contributed by atoms with E-state index in [4.69, 9.17) is 0 Å². The van der Waals surface area contributed by atoms with E-state index in [1.807, 2.05) is 19.1 Å². The number of unbranched alkanes of at least 4 members (excludes halogenated alkanes) is 1. The SMILES string of the molecule is CCCCSCCS(=O)(=O)c1ccc(C)cc1. The van der Waals surface area contributed by atoms with E-state index in [9.17, 15) is 8.42 Å². The lowest BCUT2D eigenvalue weighted by Crippen LogP contribution is -2.09. The maximum Gasteiger partial charge on any atom is 0.179 e. The molecule has 96 valence electrons. The number of hydrogen-bond donors (Lipinski definition) is 0. The van der Waals surface area contributed by atoms with Gasteiger partial charge in [0.25, 0.3) is 0 Å². The second kappa shape index (κ2) is 7.07. The first-order valence-corrected chi connectivity index (χ1v) is 8.74. The Labute approximate surface area is 109 Å². The van der Waals surface area contributed by atoms with E-state index in [-0.39, 0.29) is 5.75 Å². The summed E-state index contributed by atoms with van der Waals surface area (Å²) >= 11 is 1.72. The monoisotopic (exact) mass is 272 g/mol. The molecule has 17 heavy (non-hydrogen) atoms. The van der Waals surface area contributed by atoms with E-state index < -0.39 is 9.84 Å². The molecule has 0 amide bonds. The minimum Gasteiger partial charge on any atom is -0.224 e. The van der Waals surface area contributed by atoms with Crippen molar-refractivity contribution in [3.05, 3.63) is 29.8 Å². The molecule has 0 aliphatic rings. The van der Waals surface area contributed by atoms with Crippen LogP contribution >= 0.6 is 11.8 Å². The van der Waals surface area contributed by atoms with Crippen LogP contribution in [0.5, 0.6) is 0 Å². The number of thioether (sulfide) groups is 1. The van der Waals surface area contributed by atoms with Crippen molar-refractivity contribution in [1.29, 1.82) is 0 Å². The molecule has 1 aromatic rings. The van der Waals surface area contributed by atoms with Crippen molar-refractivity contribution in [2.75, 3.05) is 17.3 Å². The summed E-state index contributed by atoms with van der Waals surface area (Å²) in [7, 11) is -3.09. The second-order valence-electron chi connectivity index (χ2n) is 4.10. The van der Waals surface area contributed by atoms with Gasteiger partial charge in [0.1, 0.15) is 0 Å². The Kier molecular flexibility index (Phi) is 6.06. The normalized spacial score (nSPS) is 11.6. The first kappa shape index (κ1) is 14.6. The molecule has 0 atom stereocenters. The predicted octanol–water partition coefficient (Wildman–Crippen LogP) is 3.30. The lowest BCUT2D eigenvalue weighted by molar-refractivity contribution is 0.597. The molecule has 0 unspecified atom stereocenters. The number of benzene rings is 1. The minimum absolute atomic E-state index is 0.241. The fourth-order valence-electron chi connectivity index (χ4n) is 1.38. The Balaban J connectivity index is 2.48. The van der Waals surface area contributed by atoms with E-state index in [0.717, 1.165) is 24.2 Å². The molecular formula is C13H20O2S2. The maximum absolute atomic E-state index is 12.0. The molecule has 0 fully saturated rings. The summed E-state index contributed by atoms with van der Waals surface area (Å²) in [4.78, 5) is 0.444. The highest BCUT2D eigenvalue weighted by molar-refractivity contribution is 8.00. The van der Waals surface area contributed by atoms with Gasteiger partial charge in [-0.05, 0) is 31.2 Å². The number of rotatable bonds is 7. The van der Waals surface area contributed by atoms with E-state index in [2.05, 4.69) is 6.92 Å². The van der Waals surface area contributed by atoms with Crippen LogP contribution in [0.2, 0.25) is 0 Å². The first-order valence-electron chi connectivity index (χ1n) is 5.93. The second-order valence-corrected chi connectivity index (χ2v) is 7.43. The summed E-state index contributed by atoms with van der Waals surface area (Å²) in [6.45, 7) is 4.10. The summed E-state index contributed by atoms with van der Waals surface area (Å²) < 4.78 is 23.9. The molecule has 2 nitrogen and oxygen atoms in total. The van der Waals surface area contributed by atoms with E-state index >= 15 is 0 Å². The Bertz CT molecular complexity index is 421. The van der Waals surface area contributed by atoms with Gasteiger partial charge in [0.2, 0.25) is 0 Å². The van der Waals surface area contributed by atoms with Crippen molar-refractivity contribution in [1.82, 2.24) is 0 Å². The Morgan fingerprint density at radius 1 is 1.12 bits per heavy atom. The van der Waals surface area contributed by atoms with Crippen molar-refractivity contribution >= 4 is 21.6 Å². The van der Waals surface area contributed by atoms with E-state index in [1.54, 1.807) is 23.9 Å². The van der Waals surface area contributed by atoms with Gasteiger partial charge in [-0.25, -0.2) is 8.42 Å². The molecule has 0 saturated heterocycles. The van der Waals surface area contributed by atoms with Crippen LogP contribution in [0.3, 0.4) is 0 Å². The topological polar surface area (TPSA) is 34.1 Å². The van der Waals surface area contributed by atoms with Crippen molar-refractivity contribution in [2.45, 2.75) is 31.6 Å². The average molecular weight is 272 g/mol. The van der Waals surface area contributed by atoms with Gasteiger partial charge >= 0.3 is 0 Å². The molecule has 1 aromatic carbocycles. The molecule has 0 heterocycles. The van der Waals surface area contributed by atoms with E-state index in [1.165, 1.54) is 0 Å². The molecule has 0 radical (unpaired) electrons. The zero-order valence-corrected chi connectivity index (χ0v) is 12.1.